The third kappa shape index (κ3) is 3.43. The molecule has 2 amide bonds. The number of aryl methyl sites for hydroxylation is 2. The molecule has 156 valence electrons. The fraction of sp³-hybridized carbons (Fsp3) is 0.417. The van der Waals surface area contributed by atoms with Crippen molar-refractivity contribution in [2.24, 2.45) is 13.0 Å². The Bertz CT molecular complexity index is 1090. The van der Waals surface area contributed by atoms with Gasteiger partial charge in [-0.1, -0.05) is 24.3 Å². The summed E-state index contributed by atoms with van der Waals surface area (Å²) < 4.78 is 3.12. The van der Waals surface area contributed by atoms with Gasteiger partial charge >= 0.3 is 0 Å². The van der Waals surface area contributed by atoms with Crippen molar-refractivity contribution in [1.82, 2.24) is 14.8 Å². The SMILES string of the molecule is Cn1c(C(=O)N2CCC(C(=O)N[C@H]3CCCc4ccccc43)CC2)cc2sccc21. The molecular weight excluding hydrogens is 394 g/mol. The molecule has 5 rings (SSSR count). The second-order valence-electron chi connectivity index (χ2n) is 8.48. The maximum atomic E-state index is 13.0. The molecule has 0 spiro atoms. The van der Waals surface area contributed by atoms with Gasteiger partial charge in [0.05, 0.1) is 16.3 Å². The van der Waals surface area contributed by atoms with Gasteiger partial charge in [-0.3, -0.25) is 9.59 Å². The summed E-state index contributed by atoms with van der Waals surface area (Å²) in [5.74, 6) is 0.198. The predicted molar refractivity (Wildman–Crippen MR) is 120 cm³/mol. The minimum atomic E-state index is -0.0138. The Labute approximate surface area is 180 Å². The summed E-state index contributed by atoms with van der Waals surface area (Å²) in [4.78, 5) is 27.9. The average Bonchev–Trinajstić information content (AvgIpc) is 3.36. The first-order valence-electron chi connectivity index (χ1n) is 10.8. The molecule has 6 heteroatoms. The van der Waals surface area contributed by atoms with Crippen molar-refractivity contribution < 1.29 is 9.59 Å². The van der Waals surface area contributed by atoms with Crippen LogP contribution in [0, 0.1) is 5.92 Å². The number of nitrogens with one attached hydrogen (secondary N) is 1. The van der Waals surface area contributed by atoms with Crippen LogP contribution in [0.5, 0.6) is 0 Å². The summed E-state index contributed by atoms with van der Waals surface area (Å²) in [6, 6.07) is 12.6. The minimum Gasteiger partial charge on any atom is -0.349 e. The van der Waals surface area contributed by atoms with E-state index in [9.17, 15) is 9.59 Å². The van der Waals surface area contributed by atoms with Gasteiger partial charge < -0.3 is 14.8 Å². The molecule has 1 atom stereocenters. The third-order valence-electron chi connectivity index (χ3n) is 6.72. The maximum Gasteiger partial charge on any atom is 0.270 e. The Kier molecular flexibility index (Phi) is 5.11. The van der Waals surface area contributed by atoms with Crippen LogP contribution in [-0.2, 0) is 18.3 Å². The Hall–Kier alpha value is -2.60. The van der Waals surface area contributed by atoms with Gasteiger partial charge in [0.25, 0.3) is 5.91 Å². The minimum absolute atomic E-state index is 0.0138. The molecule has 1 aromatic carbocycles. The van der Waals surface area contributed by atoms with E-state index in [2.05, 4.69) is 35.6 Å². The van der Waals surface area contributed by atoms with Crippen LogP contribution in [0.2, 0.25) is 0 Å². The predicted octanol–water partition coefficient (Wildman–Crippen LogP) is 4.29. The summed E-state index contributed by atoms with van der Waals surface area (Å²) in [6.07, 6.45) is 4.67. The lowest BCUT2D eigenvalue weighted by Gasteiger charge is -2.33. The second kappa shape index (κ2) is 7.91. The Morgan fingerprint density at radius 1 is 1.10 bits per heavy atom. The molecule has 2 aromatic heterocycles. The lowest BCUT2D eigenvalue weighted by atomic mass is 9.87. The smallest absolute Gasteiger partial charge is 0.270 e. The number of rotatable bonds is 3. The zero-order valence-corrected chi connectivity index (χ0v) is 18.1. The molecule has 0 unspecified atom stereocenters. The Morgan fingerprint density at radius 2 is 1.90 bits per heavy atom. The zero-order valence-electron chi connectivity index (χ0n) is 17.3. The van der Waals surface area contributed by atoms with Crippen molar-refractivity contribution in [2.75, 3.05) is 13.1 Å². The molecule has 1 saturated heterocycles. The topological polar surface area (TPSA) is 54.3 Å². The van der Waals surface area contributed by atoms with Crippen molar-refractivity contribution in [3.05, 3.63) is 58.6 Å². The van der Waals surface area contributed by atoms with Gasteiger partial charge in [0.15, 0.2) is 0 Å². The largest absolute Gasteiger partial charge is 0.349 e. The average molecular weight is 422 g/mol. The molecule has 30 heavy (non-hydrogen) atoms. The highest BCUT2D eigenvalue weighted by molar-refractivity contribution is 7.17. The molecule has 3 heterocycles. The van der Waals surface area contributed by atoms with Crippen molar-refractivity contribution in [3.8, 4) is 0 Å². The quantitative estimate of drug-likeness (QED) is 0.686. The fourth-order valence-corrected chi connectivity index (χ4v) is 5.80. The van der Waals surface area contributed by atoms with E-state index in [4.69, 9.17) is 0 Å². The molecule has 1 N–H and O–H groups in total. The Morgan fingerprint density at radius 3 is 2.70 bits per heavy atom. The molecule has 0 saturated carbocycles. The van der Waals surface area contributed by atoms with E-state index >= 15 is 0 Å². The van der Waals surface area contributed by atoms with Gasteiger partial charge in [-0.05, 0) is 60.7 Å². The molecule has 1 aliphatic heterocycles. The summed E-state index contributed by atoms with van der Waals surface area (Å²) in [7, 11) is 1.95. The number of nitrogens with zero attached hydrogens (tertiary/aromatic N) is 2. The highest BCUT2D eigenvalue weighted by Crippen LogP contribution is 2.31. The monoisotopic (exact) mass is 421 g/mol. The van der Waals surface area contributed by atoms with Crippen molar-refractivity contribution in [1.29, 1.82) is 0 Å². The summed E-state index contributed by atoms with van der Waals surface area (Å²) in [5, 5.41) is 5.35. The van der Waals surface area contributed by atoms with E-state index in [0.29, 0.717) is 13.1 Å². The number of carbonyl (C=O) groups is 2. The first kappa shape index (κ1) is 19.4. The van der Waals surface area contributed by atoms with Crippen molar-refractivity contribution >= 4 is 33.4 Å². The molecule has 2 aliphatic rings. The van der Waals surface area contributed by atoms with Crippen LogP contribution >= 0.6 is 11.3 Å². The molecular formula is C24H27N3O2S. The van der Waals surface area contributed by atoms with E-state index in [1.165, 1.54) is 11.1 Å². The number of likely N-dealkylation sites (tertiary alicyclic amines) is 1. The van der Waals surface area contributed by atoms with Crippen LogP contribution in [0.25, 0.3) is 10.2 Å². The van der Waals surface area contributed by atoms with Gasteiger partial charge in [-0.15, -0.1) is 11.3 Å². The summed E-state index contributed by atoms with van der Waals surface area (Å²) in [6.45, 7) is 1.27. The third-order valence-corrected chi connectivity index (χ3v) is 7.57. The van der Waals surface area contributed by atoms with Gasteiger partial charge in [0, 0.05) is 26.1 Å². The lowest BCUT2D eigenvalue weighted by molar-refractivity contribution is -0.127. The number of hydrogen-bond acceptors (Lipinski definition) is 3. The fourth-order valence-electron chi connectivity index (χ4n) is 4.96. The maximum absolute atomic E-state index is 13.0. The number of thiophene rings is 1. The highest BCUT2D eigenvalue weighted by atomic mass is 32.1. The standard InChI is InChI=1S/C24H27N3O2S/c1-26-20-11-14-30-22(20)15-21(26)24(29)27-12-9-17(10-13-27)23(28)25-19-8-4-6-16-5-2-3-7-18(16)19/h2-3,5,7,11,14-15,17,19H,4,6,8-10,12-13H2,1H3,(H,25,28)/t19-/m0/s1. The molecule has 3 aromatic rings. The molecule has 0 bridgehead atoms. The number of amides is 2. The van der Waals surface area contributed by atoms with Crippen LogP contribution in [0.1, 0.15) is 53.3 Å². The Balaban J connectivity index is 1.21. The number of hydrogen-bond donors (Lipinski definition) is 1. The number of carbonyl (C=O) groups excluding carboxylic acids is 2. The normalized spacial score (nSPS) is 19.6. The second-order valence-corrected chi connectivity index (χ2v) is 9.43. The van der Waals surface area contributed by atoms with Crippen LogP contribution in [-0.4, -0.2) is 34.4 Å². The molecule has 0 radical (unpaired) electrons. The molecule has 1 aliphatic carbocycles. The van der Waals surface area contributed by atoms with E-state index in [1.807, 2.05) is 28.0 Å². The number of fused-ring (bicyclic) bond motifs is 2. The van der Waals surface area contributed by atoms with Gasteiger partial charge in [-0.2, -0.15) is 0 Å². The number of piperidine rings is 1. The molecule has 5 nitrogen and oxygen atoms in total. The zero-order chi connectivity index (χ0) is 20.7. The van der Waals surface area contributed by atoms with Gasteiger partial charge in [-0.25, -0.2) is 0 Å². The van der Waals surface area contributed by atoms with E-state index in [-0.39, 0.29) is 23.8 Å². The van der Waals surface area contributed by atoms with Gasteiger partial charge in [0.2, 0.25) is 5.91 Å². The summed E-state index contributed by atoms with van der Waals surface area (Å²) in [5.41, 5.74) is 4.47. The first-order chi connectivity index (χ1) is 14.6. The van der Waals surface area contributed by atoms with Crippen molar-refractivity contribution in [2.45, 2.75) is 38.1 Å². The van der Waals surface area contributed by atoms with Gasteiger partial charge in [0.1, 0.15) is 5.69 Å². The highest BCUT2D eigenvalue weighted by Gasteiger charge is 2.31. The van der Waals surface area contributed by atoms with Crippen LogP contribution in [0.15, 0.2) is 41.8 Å². The number of benzene rings is 1. The lowest BCUT2D eigenvalue weighted by Crippen LogP contribution is -2.44. The van der Waals surface area contributed by atoms with E-state index < -0.39 is 0 Å². The van der Waals surface area contributed by atoms with Crippen LogP contribution in [0.4, 0.5) is 0 Å². The molecule has 1 fully saturated rings. The van der Waals surface area contributed by atoms with E-state index in [0.717, 1.165) is 48.0 Å². The van der Waals surface area contributed by atoms with Crippen LogP contribution in [0.3, 0.4) is 0 Å². The van der Waals surface area contributed by atoms with Crippen molar-refractivity contribution in [3.63, 3.8) is 0 Å². The van der Waals surface area contributed by atoms with E-state index in [1.54, 1.807) is 11.3 Å². The van der Waals surface area contributed by atoms with Crippen LogP contribution < -0.4 is 5.32 Å². The first-order valence-corrected chi connectivity index (χ1v) is 11.7. The summed E-state index contributed by atoms with van der Waals surface area (Å²) >= 11 is 1.66. The number of aromatic nitrogens is 1.